The molecule has 0 N–H and O–H groups in total. The number of ether oxygens (including phenoxy) is 1. The number of hydrogen-bond donors (Lipinski definition) is 0. The summed E-state index contributed by atoms with van der Waals surface area (Å²) < 4.78 is 39.0. The molecule has 0 bridgehead atoms. The highest BCUT2D eigenvalue weighted by atomic mass is 19.1. The number of aromatic nitrogens is 1. The van der Waals surface area contributed by atoms with Crippen LogP contribution in [-0.4, -0.2) is 11.6 Å². The lowest BCUT2D eigenvalue weighted by atomic mass is 10.0. The van der Waals surface area contributed by atoms with Gasteiger partial charge in [0.25, 0.3) is 0 Å². The molecule has 1 aliphatic carbocycles. The number of oxazole rings is 1. The molecule has 1 aromatic heterocycles. The Hall–Kier alpha value is -3.21. The van der Waals surface area contributed by atoms with Crippen LogP contribution in [0.3, 0.4) is 0 Å². The van der Waals surface area contributed by atoms with Crippen LogP contribution in [0.2, 0.25) is 0 Å². The summed E-state index contributed by atoms with van der Waals surface area (Å²) in [5.41, 5.74) is 2.95. The Bertz CT molecular complexity index is 1160. The largest absolute Gasteiger partial charge is 0.493 e. The van der Waals surface area contributed by atoms with E-state index in [-0.39, 0.29) is 0 Å². The van der Waals surface area contributed by atoms with Crippen LogP contribution < -0.4 is 4.74 Å². The van der Waals surface area contributed by atoms with Gasteiger partial charge in [-0.2, -0.15) is 0 Å². The summed E-state index contributed by atoms with van der Waals surface area (Å²) in [6.45, 7) is 0.740. The van der Waals surface area contributed by atoms with Crippen molar-refractivity contribution in [1.82, 2.24) is 4.98 Å². The molecular weight excluding hydrogens is 360 g/mol. The second kappa shape index (κ2) is 6.75. The maximum Gasteiger partial charge on any atom is 0.227 e. The first-order valence-electron chi connectivity index (χ1n) is 9.25. The van der Waals surface area contributed by atoms with Gasteiger partial charge in [-0.25, -0.2) is 13.8 Å². The van der Waals surface area contributed by atoms with Crippen LogP contribution >= 0.6 is 0 Å². The molecule has 0 amide bonds. The molecule has 1 fully saturated rings. The summed E-state index contributed by atoms with van der Waals surface area (Å²) in [6.07, 6.45) is 2.48. The molecular formula is C23H17F2NO2. The molecule has 0 saturated heterocycles. The van der Waals surface area contributed by atoms with Crippen molar-refractivity contribution in [3.63, 3.8) is 0 Å². The molecule has 5 rings (SSSR count). The Morgan fingerprint density at radius 2 is 1.86 bits per heavy atom. The van der Waals surface area contributed by atoms with Gasteiger partial charge in [-0.15, -0.1) is 0 Å². The average Bonchev–Trinajstić information content (AvgIpc) is 3.43. The highest BCUT2D eigenvalue weighted by molar-refractivity contribution is 5.82. The zero-order chi connectivity index (χ0) is 19.1. The molecule has 28 heavy (non-hydrogen) atoms. The normalized spacial score (nSPS) is 13.8. The molecule has 3 nitrogen and oxygen atoms in total. The van der Waals surface area contributed by atoms with Crippen molar-refractivity contribution >= 4 is 11.1 Å². The van der Waals surface area contributed by atoms with E-state index in [1.165, 1.54) is 25.0 Å². The van der Waals surface area contributed by atoms with E-state index in [4.69, 9.17) is 9.15 Å². The lowest BCUT2D eigenvalue weighted by molar-refractivity contribution is 0.300. The maximum atomic E-state index is 14.1. The summed E-state index contributed by atoms with van der Waals surface area (Å²) in [7, 11) is 0. The third kappa shape index (κ3) is 3.36. The van der Waals surface area contributed by atoms with Gasteiger partial charge in [0.1, 0.15) is 22.9 Å². The summed E-state index contributed by atoms with van der Waals surface area (Å²) in [6, 6.07) is 16.4. The van der Waals surface area contributed by atoms with Crippen LogP contribution in [0, 0.1) is 17.6 Å². The minimum Gasteiger partial charge on any atom is -0.493 e. The lowest BCUT2D eigenvalue weighted by Crippen LogP contribution is -1.98. The molecule has 5 heteroatoms. The monoisotopic (exact) mass is 377 g/mol. The van der Waals surface area contributed by atoms with Crippen molar-refractivity contribution in [3.05, 3.63) is 72.3 Å². The first-order valence-corrected chi connectivity index (χ1v) is 9.25. The number of nitrogens with zero attached hydrogens (tertiary/aromatic N) is 1. The van der Waals surface area contributed by atoms with E-state index in [2.05, 4.69) is 4.98 Å². The van der Waals surface area contributed by atoms with Gasteiger partial charge in [0.2, 0.25) is 5.89 Å². The maximum absolute atomic E-state index is 14.1. The van der Waals surface area contributed by atoms with Gasteiger partial charge in [-0.3, -0.25) is 0 Å². The molecule has 0 spiro atoms. The van der Waals surface area contributed by atoms with Gasteiger partial charge in [0.15, 0.2) is 5.58 Å². The van der Waals surface area contributed by atoms with Gasteiger partial charge in [0.05, 0.1) is 6.61 Å². The smallest absolute Gasteiger partial charge is 0.227 e. The lowest BCUT2D eigenvalue weighted by Gasteiger charge is -2.05. The third-order valence-electron chi connectivity index (χ3n) is 4.89. The first-order chi connectivity index (χ1) is 13.7. The molecule has 140 valence electrons. The van der Waals surface area contributed by atoms with Crippen LogP contribution in [0.1, 0.15) is 12.8 Å². The Morgan fingerprint density at radius 3 is 2.68 bits per heavy atom. The van der Waals surface area contributed by atoms with E-state index in [1.54, 1.807) is 18.2 Å². The van der Waals surface area contributed by atoms with Crippen LogP contribution in [0.5, 0.6) is 5.75 Å². The van der Waals surface area contributed by atoms with Crippen molar-refractivity contribution < 1.29 is 17.9 Å². The summed E-state index contributed by atoms with van der Waals surface area (Å²) >= 11 is 0. The Labute approximate surface area is 160 Å². The Balaban J connectivity index is 1.47. The second-order valence-corrected chi connectivity index (χ2v) is 7.11. The molecule has 0 unspecified atom stereocenters. The van der Waals surface area contributed by atoms with E-state index < -0.39 is 11.6 Å². The van der Waals surface area contributed by atoms with E-state index >= 15 is 0 Å². The molecule has 1 aliphatic rings. The standard InChI is InChI=1S/C23H17F2NO2/c24-17-7-8-19(20(25)12-17)15-6-9-21-22(11-15)28-23(26-21)16-2-1-3-18(10-16)27-13-14-4-5-14/h1-3,6-12,14H,4-5,13H2. The van der Waals surface area contributed by atoms with Crippen molar-refractivity contribution in [1.29, 1.82) is 0 Å². The van der Waals surface area contributed by atoms with Gasteiger partial charge < -0.3 is 9.15 Å². The fourth-order valence-electron chi connectivity index (χ4n) is 3.16. The minimum atomic E-state index is -0.611. The van der Waals surface area contributed by atoms with E-state index in [0.717, 1.165) is 24.0 Å². The number of halogens is 2. The van der Waals surface area contributed by atoms with Crippen molar-refractivity contribution in [2.24, 2.45) is 5.92 Å². The van der Waals surface area contributed by atoms with Crippen LogP contribution in [0.4, 0.5) is 8.78 Å². The van der Waals surface area contributed by atoms with Crippen molar-refractivity contribution in [2.45, 2.75) is 12.8 Å². The quantitative estimate of drug-likeness (QED) is 0.414. The van der Waals surface area contributed by atoms with Crippen molar-refractivity contribution in [3.8, 4) is 28.3 Å². The summed E-state index contributed by atoms with van der Waals surface area (Å²) in [4.78, 5) is 4.53. The summed E-state index contributed by atoms with van der Waals surface area (Å²) in [5, 5.41) is 0. The topological polar surface area (TPSA) is 35.3 Å². The SMILES string of the molecule is Fc1ccc(-c2ccc3nc(-c4cccc(OCC5CC5)c4)oc3c2)c(F)c1. The molecule has 3 aromatic carbocycles. The number of benzene rings is 3. The fourth-order valence-corrected chi connectivity index (χ4v) is 3.16. The third-order valence-corrected chi connectivity index (χ3v) is 4.89. The van der Waals surface area contributed by atoms with Crippen LogP contribution in [0.25, 0.3) is 33.7 Å². The predicted octanol–water partition coefficient (Wildman–Crippen LogP) is 6.23. The summed E-state index contributed by atoms with van der Waals surface area (Å²) in [5.74, 6) is 0.732. The Morgan fingerprint density at radius 1 is 0.964 bits per heavy atom. The van der Waals surface area contributed by atoms with Gasteiger partial charge in [0, 0.05) is 17.2 Å². The first kappa shape index (κ1) is 16.9. The predicted molar refractivity (Wildman–Crippen MR) is 103 cm³/mol. The number of rotatable bonds is 5. The van der Waals surface area contributed by atoms with E-state index in [0.29, 0.717) is 34.0 Å². The van der Waals surface area contributed by atoms with Crippen LogP contribution in [0.15, 0.2) is 65.1 Å². The molecule has 1 saturated carbocycles. The number of fused-ring (bicyclic) bond motifs is 1. The van der Waals surface area contributed by atoms with Gasteiger partial charge >= 0.3 is 0 Å². The van der Waals surface area contributed by atoms with E-state index in [1.807, 2.05) is 24.3 Å². The number of hydrogen-bond acceptors (Lipinski definition) is 3. The Kier molecular flexibility index (Phi) is 4.08. The van der Waals surface area contributed by atoms with Gasteiger partial charge in [-0.05, 0) is 66.8 Å². The zero-order valence-corrected chi connectivity index (χ0v) is 15.0. The molecule has 4 aromatic rings. The average molecular weight is 377 g/mol. The minimum absolute atomic E-state index is 0.316. The second-order valence-electron chi connectivity index (χ2n) is 7.11. The molecule has 0 aliphatic heterocycles. The van der Waals surface area contributed by atoms with Crippen molar-refractivity contribution in [2.75, 3.05) is 6.61 Å². The van der Waals surface area contributed by atoms with Gasteiger partial charge in [-0.1, -0.05) is 12.1 Å². The van der Waals surface area contributed by atoms with E-state index in [9.17, 15) is 8.78 Å². The highest BCUT2D eigenvalue weighted by Gasteiger charge is 2.22. The fraction of sp³-hybridized carbons (Fsp3) is 0.174. The zero-order valence-electron chi connectivity index (χ0n) is 15.0. The molecule has 0 atom stereocenters. The van der Waals surface area contributed by atoms with Crippen LogP contribution in [-0.2, 0) is 0 Å². The molecule has 0 radical (unpaired) electrons. The molecule has 1 heterocycles. The highest BCUT2D eigenvalue weighted by Crippen LogP contribution is 2.32.